The summed E-state index contributed by atoms with van der Waals surface area (Å²) in [6.45, 7) is 8.01. The Hall–Kier alpha value is -1.47. The molecule has 0 bridgehead atoms. The van der Waals surface area contributed by atoms with Gasteiger partial charge in [0, 0.05) is 32.7 Å². The highest BCUT2D eigenvalue weighted by atomic mass is 16.6. The summed E-state index contributed by atoms with van der Waals surface area (Å²) in [4.78, 5) is 16.2. The lowest BCUT2D eigenvalue weighted by Gasteiger charge is -2.34. The molecule has 1 aliphatic rings. The molecule has 1 saturated heterocycles. The lowest BCUT2D eigenvalue weighted by molar-refractivity contribution is -0.130. The molecule has 0 aliphatic carbocycles. The number of carbonyl (C=O) groups is 1. The van der Waals surface area contributed by atoms with Crippen LogP contribution in [0.5, 0.6) is 0 Å². The lowest BCUT2D eigenvalue weighted by Crippen LogP contribution is -2.47. The lowest BCUT2D eigenvalue weighted by atomic mass is 10.2. The standard InChI is InChI=1S/C13H22N4O3/c1-10(17-4-6-19-7-5-17)9-16(3)13(18)8-12-11(2)14-20-15-12/h10H,4-9H2,1-3H3. The van der Waals surface area contributed by atoms with E-state index in [0.717, 1.165) is 26.3 Å². The third-order valence-electron chi connectivity index (χ3n) is 3.70. The number of ether oxygens (including phenoxy) is 1. The number of morpholine rings is 1. The van der Waals surface area contributed by atoms with Gasteiger partial charge in [0.05, 0.1) is 19.6 Å². The molecule has 7 heteroatoms. The van der Waals surface area contributed by atoms with Crippen LogP contribution in [0.15, 0.2) is 4.63 Å². The second-order valence-electron chi connectivity index (χ2n) is 5.24. The number of amides is 1. The molecule has 1 amide bonds. The van der Waals surface area contributed by atoms with E-state index in [9.17, 15) is 4.79 Å². The molecule has 1 fully saturated rings. The predicted molar refractivity (Wildman–Crippen MR) is 72.2 cm³/mol. The highest BCUT2D eigenvalue weighted by molar-refractivity contribution is 5.78. The predicted octanol–water partition coefficient (Wildman–Crippen LogP) is 0.0996. The normalized spacial score (nSPS) is 17.9. The second kappa shape index (κ2) is 6.81. The molecule has 2 rings (SSSR count). The highest BCUT2D eigenvalue weighted by Crippen LogP contribution is 2.07. The third kappa shape index (κ3) is 3.77. The molecule has 0 N–H and O–H groups in total. The Kier molecular flexibility index (Phi) is 5.08. The van der Waals surface area contributed by atoms with E-state index in [-0.39, 0.29) is 12.3 Å². The number of rotatable bonds is 5. The summed E-state index contributed by atoms with van der Waals surface area (Å²) < 4.78 is 9.95. The summed E-state index contributed by atoms with van der Waals surface area (Å²) >= 11 is 0. The molecule has 1 aromatic heterocycles. The van der Waals surface area contributed by atoms with Crippen LogP contribution in [0.1, 0.15) is 18.3 Å². The smallest absolute Gasteiger partial charge is 0.228 e. The van der Waals surface area contributed by atoms with Crippen LogP contribution in [0, 0.1) is 6.92 Å². The molecular weight excluding hydrogens is 260 g/mol. The number of nitrogens with zero attached hydrogens (tertiary/aromatic N) is 4. The minimum Gasteiger partial charge on any atom is -0.379 e. The van der Waals surface area contributed by atoms with Crippen molar-refractivity contribution in [3.63, 3.8) is 0 Å². The molecular formula is C13H22N4O3. The molecule has 1 aliphatic heterocycles. The fraction of sp³-hybridized carbons (Fsp3) is 0.769. The van der Waals surface area contributed by atoms with Crippen LogP contribution < -0.4 is 0 Å². The first kappa shape index (κ1) is 14.9. The molecule has 1 aromatic rings. The maximum atomic E-state index is 12.2. The van der Waals surface area contributed by atoms with E-state index >= 15 is 0 Å². The summed E-state index contributed by atoms with van der Waals surface area (Å²) in [5.74, 6) is 0.0314. The van der Waals surface area contributed by atoms with Crippen LogP contribution >= 0.6 is 0 Å². The van der Waals surface area contributed by atoms with Gasteiger partial charge in [-0.25, -0.2) is 4.63 Å². The number of likely N-dealkylation sites (N-methyl/N-ethyl adjacent to an activating group) is 1. The van der Waals surface area contributed by atoms with Gasteiger partial charge in [-0.05, 0) is 13.8 Å². The average molecular weight is 282 g/mol. The van der Waals surface area contributed by atoms with Crippen LogP contribution in [-0.2, 0) is 16.0 Å². The second-order valence-corrected chi connectivity index (χ2v) is 5.24. The highest BCUT2D eigenvalue weighted by Gasteiger charge is 2.21. The van der Waals surface area contributed by atoms with Crippen molar-refractivity contribution in [2.75, 3.05) is 39.9 Å². The molecule has 0 saturated carbocycles. The van der Waals surface area contributed by atoms with Crippen molar-refractivity contribution in [1.29, 1.82) is 0 Å². The van der Waals surface area contributed by atoms with Crippen molar-refractivity contribution >= 4 is 5.91 Å². The Bertz CT molecular complexity index is 443. The summed E-state index contributed by atoms with van der Waals surface area (Å²) in [7, 11) is 1.82. The van der Waals surface area contributed by atoms with Crippen LogP contribution in [0.25, 0.3) is 0 Å². The van der Waals surface area contributed by atoms with Crippen molar-refractivity contribution < 1.29 is 14.2 Å². The minimum absolute atomic E-state index is 0.0314. The fourth-order valence-corrected chi connectivity index (χ4v) is 2.32. The molecule has 1 atom stereocenters. The van der Waals surface area contributed by atoms with E-state index in [4.69, 9.17) is 4.74 Å². The topological polar surface area (TPSA) is 71.7 Å². The molecule has 20 heavy (non-hydrogen) atoms. The SMILES string of the molecule is Cc1nonc1CC(=O)N(C)CC(C)N1CCOCC1. The first-order valence-electron chi connectivity index (χ1n) is 6.91. The Balaban J connectivity index is 1.82. The third-order valence-corrected chi connectivity index (χ3v) is 3.70. The first-order valence-corrected chi connectivity index (χ1v) is 6.91. The van der Waals surface area contributed by atoms with Gasteiger partial charge in [0.2, 0.25) is 5.91 Å². The van der Waals surface area contributed by atoms with E-state index in [0.29, 0.717) is 24.0 Å². The number of carbonyl (C=O) groups excluding carboxylic acids is 1. The van der Waals surface area contributed by atoms with Gasteiger partial charge in [-0.2, -0.15) is 0 Å². The zero-order chi connectivity index (χ0) is 14.5. The van der Waals surface area contributed by atoms with E-state index < -0.39 is 0 Å². The Morgan fingerprint density at radius 3 is 2.70 bits per heavy atom. The van der Waals surface area contributed by atoms with Crippen LogP contribution in [-0.4, -0.2) is 72.0 Å². The van der Waals surface area contributed by atoms with Crippen LogP contribution in [0.3, 0.4) is 0 Å². The largest absolute Gasteiger partial charge is 0.379 e. The number of hydrogen-bond acceptors (Lipinski definition) is 6. The van der Waals surface area contributed by atoms with Gasteiger partial charge in [0.1, 0.15) is 11.4 Å². The maximum absolute atomic E-state index is 12.2. The molecule has 0 aromatic carbocycles. The van der Waals surface area contributed by atoms with Crippen molar-refractivity contribution in [2.24, 2.45) is 0 Å². The fourth-order valence-electron chi connectivity index (χ4n) is 2.32. The Labute approximate surface area is 118 Å². The van der Waals surface area contributed by atoms with Gasteiger partial charge < -0.3 is 9.64 Å². The molecule has 0 spiro atoms. The Morgan fingerprint density at radius 2 is 2.10 bits per heavy atom. The van der Waals surface area contributed by atoms with Gasteiger partial charge in [-0.3, -0.25) is 9.69 Å². The van der Waals surface area contributed by atoms with Gasteiger partial charge in [0.15, 0.2) is 0 Å². The van der Waals surface area contributed by atoms with E-state index in [1.807, 2.05) is 7.05 Å². The van der Waals surface area contributed by atoms with Crippen molar-refractivity contribution in [2.45, 2.75) is 26.3 Å². The van der Waals surface area contributed by atoms with E-state index in [2.05, 4.69) is 26.8 Å². The zero-order valence-electron chi connectivity index (χ0n) is 12.3. The van der Waals surface area contributed by atoms with Crippen LogP contribution in [0.4, 0.5) is 0 Å². The Morgan fingerprint density at radius 1 is 1.40 bits per heavy atom. The number of aromatic nitrogens is 2. The van der Waals surface area contributed by atoms with E-state index in [1.54, 1.807) is 11.8 Å². The van der Waals surface area contributed by atoms with Gasteiger partial charge in [-0.1, -0.05) is 10.3 Å². The van der Waals surface area contributed by atoms with Gasteiger partial charge in [0.25, 0.3) is 0 Å². The van der Waals surface area contributed by atoms with Crippen molar-refractivity contribution in [3.05, 3.63) is 11.4 Å². The molecule has 1 unspecified atom stereocenters. The molecule has 112 valence electrons. The molecule has 7 nitrogen and oxygen atoms in total. The van der Waals surface area contributed by atoms with Gasteiger partial charge >= 0.3 is 0 Å². The maximum Gasteiger partial charge on any atom is 0.228 e. The molecule has 0 radical (unpaired) electrons. The van der Waals surface area contributed by atoms with Crippen molar-refractivity contribution in [1.82, 2.24) is 20.1 Å². The number of hydrogen-bond donors (Lipinski definition) is 0. The average Bonchev–Trinajstić information content (AvgIpc) is 2.85. The summed E-state index contributed by atoms with van der Waals surface area (Å²) in [5.41, 5.74) is 1.29. The summed E-state index contributed by atoms with van der Waals surface area (Å²) in [5, 5.41) is 7.43. The minimum atomic E-state index is 0.0314. The first-order chi connectivity index (χ1) is 9.58. The quantitative estimate of drug-likeness (QED) is 0.763. The van der Waals surface area contributed by atoms with E-state index in [1.165, 1.54) is 0 Å². The van der Waals surface area contributed by atoms with Crippen molar-refractivity contribution in [3.8, 4) is 0 Å². The molecule has 2 heterocycles. The summed E-state index contributed by atoms with van der Waals surface area (Å²) in [6.07, 6.45) is 0.238. The van der Waals surface area contributed by atoms with Gasteiger partial charge in [-0.15, -0.1) is 0 Å². The summed E-state index contributed by atoms with van der Waals surface area (Å²) in [6, 6.07) is 0.324. The van der Waals surface area contributed by atoms with Crippen LogP contribution in [0.2, 0.25) is 0 Å². The zero-order valence-corrected chi connectivity index (χ0v) is 12.3. The monoisotopic (exact) mass is 282 g/mol. The number of aryl methyl sites for hydroxylation is 1.